The molecule has 4 heteroatoms. The van der Waals surface area contributed by atoms with E-state index in [1.165, 1.54) is 11.1 Å². The van der Waals surface area contributed by atoms with Gasteiger partial charge in [-0.2, -0.15) is 4.39 Å². The summed E-state index contributed by atoms with van der Waals surface area (Å²) < 4.78 is 25.9. The monoisotopic (exact) mass is 390 g/mol. The van der Waals surface area contributed by atoms with Gasteiger partial charge in [0, 0.05) is 11.1 Å². The second-order valence-electron chi connectivity index (χ2n) is 8.88. The van der Waals surface area contributed by atoms with E-state index in [1.807, 2.05) is 13.8 Å². The predicted molar refractivity (Wildman–Crippen MR) is 112 cm³/mol. The Kier molecular flexibility index (Phi) is 6.95. The molecule has 0 aliphatic heterocycles. The van der Waals surface area contributed by atoms with Crippen LogP contribution >= 0.6 is 0 Å². The molecule has 0 radical (unpaired) electrons. The first-order valence-electron chi connectivity index (χ1n) is 10.5. The van der Waals surface area contributed by atoms with Crippen LogP contribution in [0.5, 0.6) is 5.75 Å². The Morgan fingerprint density at radius 2 is 1.61 bits per heavy atom. The quantitative estimate of drug-likeness (QED) is 0.395. The highest BCUT2D eigenvalue weighted by Crippen LogP contribution is 2.49. The molecule has 0 aromatic heterocycles. The Labute approximate surface area is 169 Å². The number of carbonyl (C=O) groups is 1. The highest BCUT2D eigenvalue weighted by atomic mass is 19.1. The Morgan fingerprint density at radius 1 is 1.04 bits per heavy atom. The summed E-state index contributed by atoms with van der Waals surface area (Å²) in [6, 6.07) is 4.13. The average molecular weight is 391 g/mol. The summed E-state index contributed by atoms with van der Waals surface area (Å²) in [6.07, 6.45) is 3.40. The molecule has 0 spiro atoms. The van der Waals surface area contributed by atoms with Gasteiger partial charge in [0.2, 0.25) is 5.83 Å². The van der Waals surface area contributed by atoms with Gasteiger partial charge >= 0.3 is 5.97 Å². The van der Waals surface area contributed by atoms with E-state index in [1.54, 1.807) is 6.92 Å². The Hall–Kier alpha value is -1.84. The van der Waals surface area contributed by atoms with Crippen molar-refractivity contribution in [3.05, 3.63) is 34.6 Å². The van der Waals surface area contributed by atoms with Gasteiger partial charge in [-0.1, -0.05) is 41.5 Å². The number of esters is 1. The molecular formula is C24H35FO3. The van der Waals surface area contributed by atoms with Crippen LogP contribution in [0.15, 0.2) is 18.0 Å². The van der Waals surface area contributed by atoms with Gasteiger partial charge in [-0.25, -0.2) is 4.79 Å². The molecule has 1 aromatic rings. The second kappa shape index (κ2) is 8.67. The first kappa shape index (κ1) is 22.4. The zero-order valence-electron chi connectivity index (χ0n) is 18.5. The minimum Gasteiger partial charge on any atom is -0.493 e. The van der Waals surface area contributed by atoms with Crippen LogP contribution in [0.25, 0.3) is 5.57 Å². The Balaban J connectivity index is 2.74. The topological polar surface area (TPSA) is 35.5 Å². The van der Waals surface area contributed by atoms with Crippen molar-refractivity contribution >= 4 is 11.5 Å². The summed E-state index contributed by atoms with van der Waals surface area (Å²) in [5.74, 6) is -1.07. The van der Waals surface area contributed by atoms with E-state index in [4.69, 9.17) is 9.47 Å². The van der Waals surface area contributed by atoms with E-state index >= 15 is 0 Å². The number of hydrogen-bond donors (Lipinski definition) is 0. The van der Waals surface area contributed by atoms with Gasteiger partial charge in [0.15, 0.2) is 0 Å². The Bertz CT molecular complexity index is 759. The van der Waals surface area contributed by atoms with E-state index in [0.29, 0.717) is 29.9 Å². The number of allylic oxidation sites excluding steroid dienone is 1. The van der Waals surface area contributed by atoms with E-state index in [0.717, 1.165) is 19.3 Å². The van der Waals surface area contributed by atoms with Gasteiger partial charge in [0.05, 0.1) is 13.2 Å². The van der Waals surface area contributed by atoms with Gasteiger partial charge < -0.3 is 9.47 Å². The summed E-state index contributed by atoms with van der Waals surface area (Å²) in [6.45, 7) is 15.2. The second-order valence-corrected chi connectivity index (χ2v) is 8.88. The number of fused-ring (bicyclic) bond motifs is 1. The van der Waals surface area contributed by atoms with Gasteiger partial charge in [0.1, 0.15) is 5.75 Å². The van der Waals surface area contributed by atoms with E-state index in [2.05, 4.69) is 39.8 Å². The summed E-state index contributed by atoms with van der Waals surface area (Å²) in [5.41, 5.74) is 3.51. The van der Waals surface area contributed by atoms with Crippen molar-refractivity contribution in [3.63, 3.8) is 0 Å². The van der Waals surface area contributed by atoms with Crippen molar-refractivity contribution in [2.75, 3.05) is 13.2 Å². The minimum atomic E-state index is -0.905. The third kappa shape index (κ3) is 4.42. The lowest BCUT2D eigenvalue weighted by Crippen LogP contribution is -2.34. The zero-order valence-corrected chi connectivity index (χ0v) is 18.5. The summed E-state index contributed by atoms with van der Waals surface area (Å²) in [4.78, 5) is 12.1. The third-order valence-electron chi connectivity index (χ3n) is 5.81. The average Bonchev–Trinajstić information content (AvgIpc) is 2.64. The molecule has 2 rings (SSSR count). The van der Waals surface area contributed by atoms with Crippen molar-refractivity contribution in [2.45, 2.75) is 85.0 Å². The van der Waals surface area contributed by atoms with Crippen LogP contribution in [0.4, 0.5) is 4.39 Å². The Morgan fingerprint density at radius 3 is 2.11 bits per heavy atom. The fraction of sp³-hybridized carbons (Fsp3) is 0.625. The summed E-state index contributed by atoms with van der Waals surface area (Å²) in [7, 11) is 0. The normalized spacial score (nSPS) is 18.1. The zero-order chi connectivity index (χ0) is 21.1. The van der Waals surface area contributed by atoms with Crippen LogP contribution in [0, 0.1) is 0 Å². The fourth-order valence-electron chi connectivity index (χ4n) is 3.94. The number of halogens is 1. The standard InChI is InChI=1S/C24H35FO3/c1-8-13-28-20-15-19-18(23(4,5)11-12-24(19,6)7)14-17(20)16(9-2)21(25)22(26)27-10-3/h14-15H,8-13H2,1-7H3. The first-order chi connectivity index (χ1) is 13.1. The van der Waals surface area contributed by atoms with Crippen molar-refractivity contribution < 1.29 is 18.7 Å². The maximum Gasteiger partial charge on any atom is 0.367 e. The van der Waals surface area contributed by atoms with E-state index in [9.17, 15) is 9.18 Å². The lowest BCUT2D eigenvalue weighted by molar-refractivity contribution is -0.140. The van der Waals surface area contributed by atoms with Crippen LogP contribution in [-0.4, -0.2) is 19.2 Å². The SMILES string of the molecule is CCCOc1cc2c(cc1C(CC)=C(F)C(=O)OCC)C(C)(C)CCC2(C)C. The lowest BCUT2D eigenvalue weighted by Gasteiger charge is -2.42. The molecule has 0 atom stereocenters. The number of hydrogen-bond acceptors (Lipinski definition) is 3. The number of ether oxygens (including phenoxy) is 2. The van der Waals surface area contributed by atoms with Crippen molar-refractivity contribution in [1.82, 2.24) is 0 Å². The molecule has 3 nitrogen and oxygen atoms in total. The number of carbonyl (C=O) groups excluding carboxylic acids is 1. The number of rotatable bonds is 7. The molecule has 1 aromatic carbocycles. The molecule has 0 amide bonds. The van der Waals surface area contributed by atoms with Gasteiger partial charge in [-0.3, -0.25) is 0 Å². The molecule has 0 saturated heterocycles. The largest absolute Gasteiger partial charge is 0.493 e. The molecule has 0 fully saturated rings. The lowest BCUT2D eigenvalue weighted by atomic mass is 9.62. The molecule has 0 N–H and O–H groups in total. The molecule has 28 heavy (non-hydrogen) atoms. The van der Waals surface area contributed by atoms with Gasteiger partial charge in [-0.05, 0) is 66.7 Å². The third-order valence-corrected chi connectivity index (χ3v) is 5.81. The maximum absolute atomic E-state index is 15.0. The smallest absolute Gasteiger partial charge is 0.367 e. The van der Waals surface area contributed by atoms with Crippen LogP contribution in [-0.2, 0) is 20.4 Å². The van der Waals surface area contributed by atoms with Crippen molar-refractivity contribution in [3.8, 4) is 5.75 Å². The molecule has 156 valence electrons. The van der Waals surface area contributed by atoms with E-state index in [-0.39, 0.29) is 17.4 Å². The summed E-state index contributed by atoms with van der Waals surface area (Å²) in [5, 5.41) is 0. The predicted octanol–water partition coefficient (Wildman–Crippen LogP) is 6.48. The van der Waals surface area contributed by atoms with Crippen molar-refractivity contribution in [2.24, 2.45) is 0 Å². The van der Waals surface area contributed by atoms with Crippen molar-refractivity contribution in [1.29, 1.82) is 0 Å². The first-order valence-corrected chi connectivity index (χ1v) is 10.5. The maximum atomic E-state index is 15.0. The minimum absolute atomic E-state index is 0.0118. The van der Waals surface area contributed by atoms with Crippen LogP contribution in [0.1, 0.15) is 90.8 Å². The van der Waals surface area contributed by atoms with Gasteiger partial charge in [0.25, 0.3) is 0 Å². The molecule has 1 aliphatic rings. The highest BCUT2D eigenvalue weighted by molar-refractivity contribution is 5.96. The highest BCUT2D eigenvalue weighted by Gasteiger charge is 2.38. The molecule has 1 aliphatic carbocycles. The molecule has 0 unspecified atom stereocenters. The van der Waals surface area contributed by atoms with Crippen LogP contribution in [0.2, 0.25) is 0 Å². The molecule has 0 saturated carbocycles. The summed E-state index contributed by atoms with van der Waals surface area (Å²) >= 11 is 0. The van der Waals surface area contributed by atoms with E-state index < -0.39 is 11.8 Å². The van der Waals surface area contributed by atoms with Crippen LogP contribution < -0.4 is 4.74 Å². The van der Waals surface area contributed by atoms with Gasteiger partial charge in [-0.15, -0.1) is 0 Å². The van der Waals surface area contributed by atoms with Crippen LogP contribution in [0.3, 0.4) is 0 Å². The molecule has 0 heterocycles. The number of benzene rings is 1. The molecular weight excluding hydrogens is 355 g/mol. The fourth-order valence-corrected chi connectivity index (χ4v) is 3.94. The molecule has 0 bridgehead atoms.